The van der Waals surface area contributed by atoms with E-state index in [9.17, 15) is 9.90 Å². The Hall–Kier alpha value is -1.34. The first-order valence-corrected chi connectivity index (χ1v) is 6.76. The minimum atomic E-state index is -0.792. The lowest BCUT2D eigenvalue weighted by atomic mass is 10.1. The second-order valence-corrected chi connectivity index (χ2v) is 5.74. The number of nitrogens with two attached hydrogens (primary N) is 1. The molecule has 6 nitrogen and oxygen atoms in total. The Bertz CT molecular complexity index is 458. The maximum absolute atomic E-state index is 12.3. The number of carbonyl (C=O) groups is 1. The van der Waals surface area contributed by atoms with E-state index in [2.05, 4.69) is 10.3 Å². The van der Waals surface area contributed by atoms with E-state index in [1.165, 1.54) is 11.3 Å². The van der Waals surface area contributed by atoms with E-state index in [1.54, 1.807) is 11.8 Å². The number of likely N-dealkylation sites (tertiary alicyclic amines) is 1. The molecule has 1 saturated heterocycles. The summed E-state index contributed by atoms with van der Waals surface area (Å²) in [5, 5.41) is 13.6. The number of anilines is 2. The molecule has 0 bridgehead atoms. The Morgan fingerprint density at radius 1 is 1.72 bits per heavy atom. The van der Waals surface area contributed by atoms with Crippen molar-refractivity contribution in [1.29, 1.82) is 0 Å². The van der Waals surface area contributed by atoms with Crippen molar-refractivity contribution in [2.75, 3.05) is 30.7 Å². The van der Waals surface area contributed by atoms with Gasteiger partial charge in [-0.25, -0.2) is 4.98 Å². The molecule has 0 radical (unpaired) electrons. The molecule has 1 aliphatic rings. The summed E-state index contributed by atoms with van der Waals surface area (Å²) in [6.45, 7) is 5.33. The average Bonchev–Trinajstić information content (AvgIpc) is 2.82. The van der Waals surface area contributed by atoms with E-state index in [-0.39, 0.29) is 11.7 Å². The fourth-order valence-corrected chi connectivity index (χ4v) is 2.89. The molecule has 1 aromatic rings. The molecule has 2 rings (SSSR count). The molecule has 1 aliphatic heterocycles. The van der Waals surface area contributed by atoms with Gasteiger partial charge < -0.3 is 21.1 Å². The van der Waals surface area contributed by atoms with Crippen LogP contribution in [0, 0.1) is 0 Å². The van der Waals surface area contributed by atoms with Gasteiger partial charge in [0.1, 0.15) is 10.7 Å². The van der Waals surface area contributed by atoms with E-state index in [1.807, 2.05) is 6.92 Å². The molecule has 1 atom stereocenters. The number of β-amino-alcohol motifs (C(OH)–C–C–N with tert-alkyl or cyclic N) is 1. The zero-order valence-corrected chi connectivity index (χ0v) is 11.4. The van der Waals surface area contributed by atoms with Crippen LogP contribution in [0.5, 0.6) is 0 Å². The molecule has 18 heavy (non-hydrogen) atoms. The van der Waals surface area contributed by atoms with Gasteiger partial charge in [0.15, 0.2) is 5.13 Å². The molecule has 1 aromatic heterocycles. The number of aromatic nitrogens is 1. The minimum absolute atomic E-state index is 0.146. The van der Waals surface area contributed by atoms with Crippen LogP contribution in [0.3, 0.4) is 0 Å². The predicted molar refractivity (Wildman–Crippen MR) is 71.8 cm³/mol. The standard InChI is InChI=1S/C11H18N4O2S/c1-3-13-10-14-8(12)7(18-10)9(16)15-5-4-11(2,17)6-15/h17H,3-6,12H2,1-2H3,(H,13,14). The molecule has 1 fully saturated rings. The maximum atomic E-state index is 12.3. The Kier molecular flexibility index (Phi) is 3.45. The molecule has 2 heterocycles. The van der Waals surface area contributed by atoms with Gasteiger partial charge in [-0.3, -0.25) is 4.79 Å². The lowest BCUT2D eigenvalue weighted by Crippen LogP contribution is -2.33. The number of amides is 1. The third-order valence-corrected chi connectivity index (χ3v) is 3.93. The monoisotopic (exact) mass is 270 g/mol. The Labute approximate surface area is 110 Å². The van der Waals surface area contributed by atoms with Crippen LogP contribution < -0.4 is 11.1 Å². The molecule has 0 saturated carbocycles. The van der Waals surface area contributed by atoms with E-state index in [0.717, 1.165) is 6.54 Å². The number of nitrogen functional groups attached to an aromatic ring is 1. The lowest BCUT2D eigenvalue weighted by molar-refractivity contribution is 0.0575. The number of aliphatic hydroxyl groups is 1. The minimum Gasteiger partial charge on any atom is -0.388 e. The van der Waals surface area contributed by atoms with Gasteiger partial charge in [0, 0.05) is 19.6 Å². The predicted octanol–water partition coefficient (Wildman–Crippen LogP) is 0.754. The molecule has 100 valence electrons. The van der Waals surface area contributed by atoms with E-state index < -0.39 is 5.60 Å². The van der Waals surface area contributed by atoms with E-state index in [0.29, 0.717) is 29.5 Å². The number of nitrogens with one attached hydrogen (secondary N) is 1. The van der Waals surface area contributed by atoms with E-state index >= 15 is 0 Å². The van der Waals surface area contributed by atoms with Crippen LogP contribution in [0.4, 0.5) is 10.9 Å². The van der Waals surface area contributed by atoms with Crippen LogP contribution in [-0.2, 0) is 0 Å². The molecule has 4 N–H and O–H groups in total. The second kappa shape index (κ2) is 4.74. The molecule has 0 aliphatic carbocycles. The molecule has 0 aromatic carbocycles. The average molecular weight is 270 g/mol. The molecule has 7 heteroatoms. The molecule has 1 amide bonds. The number of thiazole rings is 1. The third kappa shape index (κ3) is 2.56. The highest BCUT2D eigenvalue weighted by Gasteiger charge is 2.35. The van der Waals surface area contributed by atoms with Gasteiger partial charge in [-0.2, -0.15) is 0 Å². The van der Waals surface area contributed by atoms with E-state index in [4.69, 9.17) is 5.73 Å². The number of hydrogen-bond donors (Lipinski definition) is 3. The summed E-state index contributed by atoms with van der Waals surface area (Å²) >= 11 is 1.26. The van der Waals surface area contributed by atoms with Gasteiger partial charge in [-0.15, -0.1) is 0 Å². The van der Waals surface area contributed by atoms with Gasteiger partial charge in [-0.05, 0) is 20.3 Å². The Morgan fingerprint density at radius 2 is 2.44 bits per heavy atom. The maximum Gasteiger partial charge on any atom is 0.267 e. The van der Waals surface area contributed by atoms with Crippen molar-refractivity contribution < 1.29 is 9.90 Å². The normalized spacial score (nSPS) is 23.4. The van der Waals surface area contributed by atoms with Gasteiger partial charge in [0.05, 0.1) is 5.60 Å². The van der Waals surface area contributed by atoms with Gasteiger partial charge in [0.25, 0.3) is 5.91 Å². The number of carbonyl (C=O) groups excluding carboxylic acids is 1. The van der Waals surface area contributed by atoms with Gasteiger partial charge in [0.2, 0.25) is 0 Å². The highest BCUT2D eigenvalue weighted by molar-refractivity contribution is 7.18. The quantitative estimate of drug-likeness (QED) is 0.754. The number of nitrogens with zero attached hydrogens (tertiary/aromatic N) is 2. The van der Waals surface area contributed by atoms with Crippen molar-refractivity contribution in [3.05, 3.63) is 4.88 Å². The zero-order chi connectivity index (χ0) is 13.3. The summed E-state index contributed by atoms with van der Waals surface area (Å²) in [5.41, 5.74) is 4.97. The summed E-state index contributed by atoms with van der Waals surface area (Å²) in [6, 6.07) is 0. The van der Waals surface area contributed by atoms with Crippen LogP contribution in [0.25, 0.3) is 0 Å². The first-order valence-electron chi connectivity index (χ1n) is 5.95. The van der Waals surface area contributed by atoms with Crippen molar-refractivity contribution in [2.45, 2.75) is 25.9 Å². The zero-order valence-electron chi connectivity index (χ0n) is 10.6. The number of rotatable bonds is 3. The van der Waals surface area contributed by atoms with Crippen LogP contribution in [-0.4, -0.2) is 46.1 Å². The van der Waals surface area contributed by atoms with Crippen molar-refractivity contribution >= 4 is 28.2 Å². The molecular weight excluding hydrogens is 252 g/mol. The van der Waals surface area contributed by atoms with Crippen LogP contribution in [0.1, 0.15) is 29.9 Å². The van der Waals surface area contributed by atoms with Crippen LogP contribution >= 0.6 is 11.3 Å². The van der Waals surface area contributed by atoms with Crippen molar-refractivity contribution in [2.24, 2.45) is 0 Å². The fraction of sp³-hybridized carbons (Fsp3) is 0.636. The summed E-state index contributed by atoms with van der Waals surface area (Å²) in [7, 11) is 0. The largest absolute Gasteiger partial charge is 0.388 e. The summed E-state index contributed by atoms with van der Waals surface area (Å²) < 4.78 is 0. The summed E-state index contributed by atoms with van der Waals surface area (Å²) in [6.07, 6.45) is 0.595. The second-order valence-electron chi connectivity index (χ2n) is 4.74. The van der Waals surface area contributed by atoms with Gasteiger partial charge in [-0.1, -0.05) is 11.3 Å². The Morgan fingerprint density at radius 3 is 3.00 bits per heavy atom. The number of hydrogen-bond acceptors (Lipinski definition) is 6. The fourth-order valence-electron chi connectivity index (χ4n) is 1.97. The third-order valence-electron chi connectivity index (χ3n) is 2.91. The van der Waals surface area contributed by atoms with Crippen molar-refractivity contribution in [3.63, 3.8) is 0 Å². The summed E-state index contributed by atoms with van der Waals surface area (Å²) in [5.74, 6) is 0.111. The molecule has 1 unspecified atom stereocenters. The smallest absolute Gasteiger partial charge is 0.267 e. The van der Waals surface area contributed by atoms with Crippen molar-refractivity contribution in [1.82, 2.24) is 9.88 Å². The summed E-state index contributed by atoms with van der Waals surface area (Å²) in [4.78, 5) is 18.4. The Balaban J connectivity index is 2.14. The first-order chi connectivity index (χ1) is 8.43. The lowest BCUT2D eigenvalue weighted by Gasteiger charge is -2.18. The SMILES string of the molecule is CCNc1nc(N)c(C(=O)N2CCC(C)(O)C2)s1. The molecule has 0 spiro atoms. The van der Waals surface area contributed by atoms with Crippen LogP contribution in [0.15, 0.2) is 0 Å². The molecular formula is C11H18N4O2S. The van der Waals surface area contributed by atoms with Crippen LogP contribution in [0.2, 0.25) is 0 Å². The highest BCUT2D eigenvalue weighted by atomic mass is 32.1. The highest BCUT2D eigenvalue weighted by Crippen LogP contribution is 2.29. The first kappa shape index (κ1) is 13.1. The van der Waals surface area contributed by atoms with Gasteiger partial charge >= 0.3 is 0 Å². The topological polar surface area (TPSA) is 91.5 Å². The van der Waals surface area contributed by atoms with Crippen molar-refractivity contribution in [3.8, 4) is 0 Å².